The molecule has 0 aromatic heterocycles. The van der Waals surface area contributed by atoms with Gasteiger partial charge in [-0.15, -0.1) is 0 Å². The number of halogens is 1. The molecule has 0 spiro atoms. The standard InChI is InChI=1S/C26H17ClN2O2/c27-23-11-4-3-10-22(23)25-28-24(26(31)29(25)19-12-14-20(30)15-13-19)16-18-8-5-7-17-6-1-2-9-21(17)18/h1-16,30H/b24-16+. The third kappa shape index (κ3) is 3.47. The van der Waals surface area contributed by atoms with Gasteiger partial charge in [-0.2, -0.15) is 0 Å². The van der Waals surface area contributed by atoms with Crippen molar-refractivity contribution in [3.8, 4) is 5.75 Å². The molecule has 0 saturated heterocycles. The fourth-order valence-electron chi connectivity index (χ4n) is 3.70. The van der Waals surface area contributed by atoms with Crippen LogP contribution in [0.15, 0.2) is 102 Å². The Morgan fingerprint density at radius 3 is 2.35 bits per heavy atom. The van der Waals surface area contributed by atoms with Gasteiger partial charge in [0, 0.05) is 5.56 Å². The van der Waals surface area contributed by atoms with Gasteiger partial charge in [-0.25, -0.2) is 4.99 Å². The summed E-state index contributed by atoms with van der Waals surface area (Å²) in [5, 5.41) is 12.3. The highest BCUT2D eigenvalue weighted by atomic mass is 35.5. The number of carbonyl (C=O) groups excluding carboxylic acids is 1. The highest BCUT2D eigenvalue weighted by molar-refractivity contribution is 6.39. The Labute approximate surface area is 184 Å². The molecule has 0 unspecified atom stereocenters. The summed E-state index contributed by atoms with van der Waals surface area (Å²) >= 11 is 6.44. The molecule has 0 bridgehead atoms. The van der Waals surface area contributed by atoms with Gasteiger partial charge in [-0.05, 0) is 58.8 Å². The maximum Gasteiger partial charge on any atom is 0.282 e. The van der Waals surface area contributed by atoms with E-state index >= 15 is 0 Å². The predicted molar refractivity (Wildman–Crippen MR) is 126 cm³/mol. The predicted octanol–water partition coefficient (Wildman–Crippen LogP) is 6.03. The number of nitrogens with zero attached hydrogens (tertiary/aromatic N) is 2. The highest BCUT2D eigenvalue weighted by Crippen LogP contribution is 2.32. The number of hydrogen-bond donors (Lipinski definition) is 1. The molecule has 4 aromatic rings. The quantitative estimate of drug-likeness (QED) is 0.408. The molecule has 1 N–H and O–H groups in total. The van der Waals surface area contributed by atoms with Crippen LogP contribution in [0.3, 0.4) is 0 Å². The van der Waals surface area contributed by atoms with Crippen molar-refractivity contribution in [3.63, 3.8) is 0 Å². The van der Waals surface area contributed by atoms with Crippen LogP contribution >= 0.6 is 11.6 Å². The zero-order valence-electron chi connectivity index (χ0n) is 16.4. The number of carbonyl (C=O) groups is 1. The van der Waals surface area contributed by atoms with Gasteiger partial charge in [0.2, 0.25) is 0 Å². The van der Waals surface area contributed by atoms with Crippen LogP contribution in [0.25, 0.3) is 16.8 Å². The number of fused-ring (bicyclic) bond motifs is 1. The van der Waals surface area contributed by atoms with Gasteiger partial charge in [-0.3, -0.25) is 9.69 Å². The average Bonchev–Trinajstić information content (AvgIpc) is 3.11. The molecule has 1 aliphatic rings. The fourth-order valence-corrected chi connectivity index (χ4v) is 3.93. The number of phenolic OH excluding ortho intramolecular Hbond substituents is 1. The smallest absolute Gasteiger partial charge is 0.282 e. The summed E-state index contributed by atoms with van der Waals surface area (Å²) in [6.07, 6.45) is 1.81. The normalized spacial score (nSPS) is 15.0. The number of hydrogen-bond acceptors (Lipinski definition) is 3. The maximum absolute atomic E-state index is 13.5. The second-order valence-corrected chi connectivity index (χ2v) is 7.58. The molecule has 1 amide bonds. The lowest BCUT2D eigenvalue weighted by molar-refractivity contribution is -0.113. The first-order chi connectivity index (χ1) is 15.1. The van der Waals surface area contributed by atoms with Crippen molar-refractivity contribution in [3.05, 3.63) is 113 Å². The van der Waals surface area contributed by atoms with Crippen LogP contribution < -0.4 is 4.90 Å². The molecular weight excluding hydrogens is 408 g/mol. The fraction of sp³-hybridized carbons (Fsp3) is 0. The second-order valence-electron chi connectivity index (χ2n) is 7.17. The largest absolute Gasteiger partial charge is 0.508 e. The molecule has 0 fully saturated rings. The van der Waals surface area contributed by atoms with Crippen LogP contribution in [0, 0.1) is 0 Å². The van der Waals surface area contributed by atoms with Gasteiger partial charge in [0.1, 0.15) is 17.3 Å². The second kappa shape index (κ2) is 7.74. The SMILES string of the molecule is O=C1/C(=C\c2cccc3ccccc23)N=C(c2ccccc2Cl)N1c1ccc(O)cc1. The molecule has 5 heteroatoms. The number of rotatable bonds is 3. The van der Waals surface area contributed by atoms with E-state index in [9.17, 15) is 9.90 Å². The van der Waals surface area contributed by atoms with Gasteiger partial charge in [0.15, 0.2) is 0 Å². The Balaban J connectivity index is 1.68. The van der Waals surface area contributed by atoms with E-state index < -0.39 is 0 Å². The van der Waals surface area contributed by atoms with Crippen molar-refractivity contribution >= 4 is 45.9 Å². The third-order valence-electron chi connectivity index (χ3n) is 5.20. The lowest BCUT2D eigenvalue weighted by atomic mass is 10.0. The molecule has 31 heavy (non-hydrogen) atoms. The molecule has 1 aliphatic heterocycles. The van der Waals surface area contributed by atoms with E-state index in [-0.39, 0.29) is 11.7 Å². The maximum atomic E-state index is 13.5. The van der Waals surface area contributed by atoms with Crippen molar-refractivity contribution in [2.24, 2.45) is 4.99 Å². The van der Waals surface area contributed by atoms with Gasteiger partial charge >= 0.3 is 0 Å². The molecule has 150 valence electrons. The molecular formula is C26H17ClN2O2. The molecule has 0 atom stereocenters. The van der Waals surface area contributed by atoms with E-state index in [1.54, 1.807) is 30.3 Å². The zero-order valence-corrected chi connectivity index (χ0v) is 17.1. The number of amides is 1. The van der Waals surface area contributed by atoms with Gasteiger partial charge in [0.05, 0.1) is 10.7 Å². The summed E-state index contributed by atoms with van der Waals surface area (Å²) in [7, 11) is 0. The molecule has 5 rings (SSSR count). The first-order valence-electron chi connectivity index (χ1n) is 9.78. The molecule has 0 aliphatic carbocycles. The number of benzene rings is 4. The van der Waals surface area contributed by atoms with E-state index in [2.05, 4.69) is 4.99 Å². The first-order valence-corrected chi connectivity index (χ1v) is 10.2. The van der Waals surface area contributed by atoms with Crippen LogP contribution in [0.4, 0.5) is 5.69 Å². The van der Waals surface area contributed by atoms with E-state index in [0.29, 0.717) is 27.8 Å². The summed E-state index contributed by atoms with van der Waals surface area (Å²) in [5.41, 5.74) is 2.49. The van der Waals surface area contributed by atoms with Crippen LogP contribution in [0.5, 0.6) is 5.75 Å². The number of aliphatic imine (C=N–C) groups is 1. The molecule has 4 nitrogen and oxygen atoms in total. The van der Waals surface area contributed by atoms with Gasteiger partial charge in [-0.1, -0.05) is 66.2 Å². The van der Waals surface area contributed by atoms with Crippen molar-refractivity contribution in [1.29, 1.82) is 0 Å². The number of aromatic hydroxyl groups is 1. The zero-order chi connectivity index (χ0) is 21.4. The lowest BCUT2D eigenvalue weighted by Gasteiger charge is -2.19. The number of anilines is 1. The van der Waals surface area contributed by atoms with Crippen molar-refractivity contribution in [2.75, 3.05) is 4.90 Å². The van der Waals surface area contributed by atoms with Gasteiger partial charge < -0.3 is 5.11 Å². The minimum absolute atomic E-state index is 0.123. The van der Waals surface area contributed by atoms with Crippen LogP contribution in [-0.4, -0.2) is 16.8 Å². The topological polar surface area (TPSA) is 52.9 Å². The lowest BCUT2D eigenvalue weighted by Crippen LogP contribution is -2.32. The average molecular weight is 425 g/mol. The van der Waals surface area contributed by atoms with Crippen LogP contribution in [-0.2, 0) is 4.79 Å². The molecule has 4 aromatic carbocycles. The minimum Gasteiger partial charge on any atom is -0.508 e. The van der Waals surface area contributed by atoms with E-state index in [1.165, 1.54) is 4.90 Å². The van der Waals surface area contributed by atoms with E-state index in [0.717, 1.165) is 16.3 Å². The van der Waals surface area contributed by atoms with E-state index in [4.69, 9.17) is 11.6 Å². The monoisotopic (exact) mass is 424 g/mol. The Hall–Kier alpha value is -3.89. The Bertz CT molecular complexity index is 1370. The summed E-state index contributed by atoms with van der Waals surface area (Å²) in [6.45, 7) is 0. The summed E-state index contributed by atoms with van der Waals surface area (Å²) in [4.78, 5) is 19.7. The summed E-state index contributed by atoms with van der Waals surface area (Å²) in [5.74, 6) is 0.319. The highest BCUT2D eigenvalue weighted by Gasteiger charge is 2.33. The molecule has 0 radical (unpaired) electrons. The number of phenols is 1. The molecule has 0 saturated carbocycles. The first kappa shape index (κ1) is 19.1. The third-order valence-corrected chi connectivity index (χ3v) is 5.53. The molecule has 1 heterocycles. The summed E-state index contributed by atoms with van der Waals surface area (Å²) in [6, 6.07) is 27.7. The Morgan fingerprint density at radius 1 is 0.839 bits per heavy atom. The van der Waals surface area contributed by atoms with Crippen molar-refractivity contribution < 1.29 is 9.90 Å². The Kier molecular flexibility index (Phi) is 4.77. The van der Waals surface area contributed by atoms with E-state index in [1.807, 2.05) is 66.7 Å². The van der Waals surface area contributed by atoms with Crippen LogP contribution in [0.2, 0.25) is 5.02 Å². The summed E-state index contributed by atoms with van der Waals surface area (Å²) < 4.78 is 0. The Morgan fingerprint density at radius 2 is 1.55 bits per heavy atom. The minimum atomic E-state index is -0.256. The van der Waals surface area contributed by atoms with Gasteiger partial charge in [0.25, 0.3) is 5.91 Å². The van der Waals surface area contributed by atoms with Crippen LogP contribution in [0.1, 0.15) is 11.1 Å². The number of amidine groups is 1. The van der Waals surface area contributed by atoms with Crippen molar-refractivity contribution in [1.82, 2.24) is 0 Å². The van der Waals surface area contributed by atoms with Crippen molar-refractivity contribution in [2.45, 2.75) is 0 Å².